The van der Waals surface area contributed by atoms with Crippen LogP contribution in [0.5, 0.6) is 5.75 Å². The van der Waals surface area contributed by atoms with E-state index in [1.54, 1.807) is 36.7 Å². The quantitative estimate of drug-likeness (QED) is 0.688. The Hall–Kier alpha value is -2.89. The summed E-state index contributed by atoms with van der Waals surface area (Å²) >= 11 is 0. The average Bonchev–Trinajstić information content (AvgIpc) is 2.74. The minimum atomic E-state index is -0.0727. The molecule has 0 bridgehead atoms. The molecule has 1 aromatic heterocycles. The molecule has 6 heteroatoms. The molecule has 3 rings (SSSR count). The van der Waals surface area contributed by atoms with Crippen LogP contribution >= 0.6 is 0 Å². The number of phenolic OH excluding ortho intramolecular Hbond substituents is 1. The maximum absolute atomic E-state index is 12.4. The molecule has 0 aliphatic heterocycles. The molecule has 0 atom stereocenters. The van der Waals surface area contributed by atoms with Crippen LogP contribution in [0.1, 0.15) is 41.6 Å². The summed E-state index contributed by atoms with van der Waals surface area (Å²) in [6, 6.07) is 10.5. The highest BCUT2D eigenvalue weighted by Gasteiger charge is 2.26. The van der Waals surface area contributed by atoms with Crippen LogP contribution in [-0.4, -0.2) is 35.0 Å². The van der Waals surface area contributed by atoms with Crippen LogP contribution in [0.3, 0.4) is 0 Å². The number of phenols is 1. The van der Waals surface area contributed by atoms with Gasteiger partial charge >= 0.3 is 0 Å². The van der Waals surface area contributed by atoms with Gasteiger partial charge in [0.2, 0.25) is 5.91 Å². The lowest BCUT2D eigenvalue weighted by Crippen LogP contribution is -2.36. The molecule has 1 aromatic carbocycles. The second-order valence-corrected chi connectivity index (χ2v) is 7.37. The zero-order valence-electron chi connectivity index (χ0n) is 15.9. The molecule has 1 fully saturated rings. The summed E-state index contributed by atoms with van der Waals surface area (Å²) in [6.07, 6.45) is 7.60. The van der Waals surface area contributed by atoms with Gasteiger partial charge in [-0.3, -0.25) is 14.6 Å². The van der Waals surface area contributed by atoms with E-state index >= 15 is 0 Å². The largest absolute Gasteiger partial charge is 0.508 e. The second-order valence-electron chi connectivity index (χ2n) is 7.37. The Kier molecular flexibility index (Phi) is 7.00. The van der Waals surface area contributed by atoms with Crippen molar-refractivity contribution >= 4 is 11.8 Å². The van der Waals surface area contributed by atoms with Crippen molar-refractivity contribution in [3.63, 3.8) is 0 Å². The van der Waals surface area contributed by atoms with Crippen molar-refractivity contribution in [1.82, 2.24) is 15.6 Å². The molecule has 3 N–H and O–H groups in total. The van der Waals surface area contributed by atoms with Crippen molar-refractivity contribution in [1.29, 1.82) is 0 Å². The number of carbonyl (C=O) groups is 2. The Morgan fingerprint density at radius 2 is 1.64 bits per heavy atom. The molecule has 2 aromatic rings. The summed E-state index contributed by atoms with van der Waals surface area (Å²) < 4.78 is 0. The van der Waals surface area contributed by atoms with E-state index < -0.39 is 0 Å². The fourth-order valence-corrected chi connectivity index (χ4v) is 3.61. The SMILES string of the molecule is O=C(NCC1CCC(C(=O)NCCc2ccc(O)cc2)CC1)c1ccncc1. The van der Waals surface area contributed by atoms with Gasteiger partial charge in [-0.1, -0.05) is 12.1 Å². The van der Waals surface area contributed by atoms with Crippen molar-refractivity contribution in [3.05, 3.63) is 59.9 Å². The van der Waals surface area contributed by atoms with Gasteiger partial charge in [-0.2, -0.15) is 0 Å². The summed E-state index contributed by atoms with van der Waals surface area (Å²) in [5, 5.41) is 15.3. The molecule has 1 saturated carbocycles. The third kappa shape index (κ3) is 5.81. The zero-order chi connectivity index (χ0) is 19.8. The highest BCUT2D eigenvalue weighted by Crippen LogP contribution is 2.28. The summed E-state index contributed by atoms with van der Waals surface area (Å²) in [4.78, 5) is 28.4. The van der Waals surface area contributed by atoms with Crippen LogP contribution in [0.4, 0.5) is 0 Å². The summed E-state index contributed by atoms with van der Waals surface area (Å²) in [5.41, 5.74) is 1.71. The summed E-state index contributed by atoms with van der Waals surface area (Å²) in [7, 11) is 0. The van der Waals surface area contributed by atoms with Gasteiger partial charge < -0.3 is 15.7 Å². The third-order valence-electron chi connectivity index (χ3n) is 5.36. The van der Waals surface area contributed by atoms with Gasteiger partial charge in [-0.15, -0.1) is 0 Å². The van der Waals surface area contributed by atoms with Gasteiger partial charge in [0, 0.05) is 37.0 Å². The van der Waals surface area contributed by atoms with Gasteiger partial charge in [0.15, 0.2) is 0 Å². The Bertz CT molecular complexity index is 769. The number of hydrogen-bond acceptors (Lipinski definition) is 4. The van der Waals surface area contributed by atoms with Crippen LogP contribution < -0.4 is 10.6 Å². The van der Waals surface area contributed by atoms with Crippen molar-refractivity contribution in [3.8, 4) is 5.75 Å². The molecule has 6 nitrogen and oxygen atoms in total. The molecule has 0 radical (unpaired) electrons. The molecule has 1 aliphatic rings. The number of nitrogens with zero attached hydrogens (tertiary/aromatic N) is 1. The summed E-state index contributed by atoms with van der Waals surface area (Å²) in [6.45, 7) is 1.25. The number of carbonyl (C=O) groups excluding carboxylic acids is 2. The second kappa shape index (κ2) is 9.88. The first-order valence-electron chi connectivity index (χ1n) is 9.85. The van der Waals surface area contributed by atoms with Crippen LogP contribution in [0, 0.1) is 11.8 Å². The van der Waals surface area contributed by atoms with Crippen LogP contribution in [0.2, 0.25) is 0 Å². The standard InChI is InChI=1S/C22H27N3O3/c26-20-7-3-16(4-8-20)9-14-24-21(27)18-5-1-17(2-6-18)15-25-22(28)19-10-12-23-13-11-19/h3-4,7-8,10-13,17-18,26H,1-2,5-6,9,14-15H2,(H,24,27)(H,25,28). The molecule has 148 valence electrons. The van der Waals surface area contributed by atoms with Gasteiger partial charge in [0.25, 0.3) is 5.91 Å². The number of aromatic hydroxyl groups is 1. The van der Waals surface area contributed by atoms with Crippen LogP contribution in [0.25, 0.3) is 0 Å². The van der Waals surface area contributed by atoms with E-state index in [2.05, 4.69) is 15.6 Å². The van der Waals surface area contributed by atoms with Gasteiger partial charge in [-0.25, -0.2) is 0 Å². The highest BCUT2D eigenvalue weighted by molar-refractivity contribution is 5.93. The molecule has 1 aliphatic carbocycles. The third-order valence-corrected chi connectivity index (χ3v) is 5.36. The first-order chi connectivity index (χ1) is 13.6. The van der Waals surface area contributed by atoms with E-state index in [0.29, 0.717) is 24.6 Å². The predicted octanol–water partition coefficient (Wildman–Crippen LogP) is 2.68. The first kappa shape index (κ1) is 19.9. The monoisotopic (exact) mass is 381 g/mol. The molecule has 28 heavy (non-hydrogen) atoms. The normalized spacial score (nSPS) is 19.0. The van der Waals surface area contributed by atoms with E-state index in [9.17, 15) is 14.7 Å². The van der Waals surface area contributed by atoms with Gasteiger partial charge in [0.05, 0.1) is 0 Å². The number of amides is 2. The summed E-state index contributed by atoms with van der Waals surface area (Å²) in [5.74, 6) is 0.787. The lowest BCUT2D eigenvalue weighted by atomic mass is 9.81. The van der Waals surface area contributed by atoms with E-state index in [4.69, 9.17) is 0 Å². The predicted molar refractivity (Wildman–Crippen MR) is 107 cm³/mol. The van der Waals surface area contributed by atoms with Crippen molar-refractivity contribution < 1.29 is 14.7 Å². The van der Waals surface area contributed by atoms with Crippen molar-refractivity contribution in [2.24, 2.45) is 11.8 Å². The van der Waals surface area contributed by atoms with E-state index in [0.717, 1.165) is 37.7 Å². The number of pyridine rings is 1. The minimum absolute atomic E-state index is 0.0620. The molecular formula is C22H27N3O3. The Morgan fingerprint density at radius 1 is 0.964 bits per heavy atom. The average molecular weight is 381 g/mol. The molecule has 1 heterocycles. The number of aromatic nitrogens is 1. The van der Waals surface area contributed by atoms with E-state index in [-0.39, 0.29) is 23.5 Å². The smallest absolute Gasteiger partial charge is 0.251 e. The highest BCUT2D eigenvalue weighted by atomic mass is 16.3. The van der Waals surface area contributed by atoms with Crippen molar-refractivity contribution in [2.75, 3.05) is 13.1 Å². The Morgan fingerprint density at radius 3 is 2.32 bits per heavy atom. The molecule has 0 saturated heterocycles. The molecule has 0 unspecified atom stereocenters. The van der Waals surface area contributed by atoms with E-state index in [1.807, 2.05) is 12.1 Å². The molecule has 0 spiro atoms. The fourth-order valence-electron chi connectivity index (χ4n) is 3.61. The number of hydrogen-bond donors (Lipinski definition) is 3. The van der Waals surface area contributed by atoms with Gasteiger partial charge in [0.1, 0.15) is 5.75 Å². The van der Waals surface area contributed by atoms with Crippen molar-refractivity contribution in [2.45, 2.75) is 32.1 Å². The maximum Gasteiger partial charge on any atom is 0.251 e. The zero-order valence-corrected chi connectivity index (χ0v) is 15.9. The first-order valence-corrected chi connectivity index (χ1v) is 9.85. The number of benzene rings is 1. The van der Waals surface area contributed by atoms with E-state index in [1.165, 1.54) is 0 Å². The lowest BCUT2D eigenvalue weighted by Gasteiger charge is -2.28. The maximum atomic E-state index is 12.4. The lowest BCUT2D eigenvalue weighted by molar-refractivity contribution is -0.126. The topological polar surface area (TPSA) is 91.3 Å². The Balaban J connectivity index is 1.33. The van der Waals surface area contributed by atoms with Crippen LogP contribution in [-0.2, 0) is 11.2 Å². The minimum Gasteiger partial charge on any atom is -0.508 e. The molecular weight excluding hydrogens is 354 g/mol. The fraction of sp³-hybridized carbons (Fsp3) is 0.409. The van der Waals surface area contributed by atoms with Crippen LogP contribution in [0.15, 0.2) is 48.8 Å². The number of nitrogens with one attached hydrogen (secondary N) is 2. The Labute approximate surface area is 165 Å². The molecule has 2 amide bonds. The van der Waals surface area contributed by atoms with Gasteiger partial charge in [-0.05, 0) is 67.9 Å². The number of rotatable bonds is 7.